The molecule has 0 aromatic carbocycles. The lowest BCUT2D eigenvalue weighted by Crippen LogP contribution is -1.94. The summed E-state index contributed by atoms with van der Waals surface area (Å²) in [6.45, 7) is 3.60. The first-order valence-electron chi connectivity index (χ1n) is 3.33. The van der Waals surface area contributed by atoms with Gasteiger partial charge in [0.05, 0.1) is 23.5 Å². The van der Waals surface area contributed by atoms with Gasteiger partial charge in [-0.25, -0.2) is 0 Å². The van der Waals surface area contributed by atoms with E-state index in [-0.39, 0.29) is 0 Å². The van der Waals surface area contributed by atoms with Crippen LogP contribution in [0.15, 0.2) is 0 Å². The van der Waals surface area contributed by atoms with E-state index in [1.807, 2.05) is 0 Å². The molecule has 0 fully saturated rings. The van der Waals surface area contributed by atoms with Crippen LogP contribution in [-0.2, 0) is 0 Å². The summed E-state index contributed by atoms with van der Waals surface area (Å²) >= 11 is 0. The Labute approximate surface area is 63.0 Å². The Kier molecular flexibility index (Phi) is 14.7. The fraction of sp³-hybridized carbons (Fsp3) is 1.00. The zero-order valence-electron chi connectivity index (χ0n) is 6.43. The van der Waals surface area contributed by atoms with Crippen LogP contribution in [-0.4, -0.2) is 23.5 Å². The predicted molar refractivity (Wildman–Crippen MR) is 46.5 cm³/mol. The average Bonchev–Trinajstić information content (AvgIpc) is 1.96. The largest absolute Gasteiger partial charge is 0.0999 e. The van der Waals surface area contributed by atoms with Crippen molar-refractivity contribution in [3.63, 3.8) is 0 Å². The molecule has 0 rings (SSSR count). The highest BCUT2D eigenvalue weighted by Crippen LogP contribution is 2.08. The van der Waals surface area contributed by atoms with Crippen LogP contribution in [0.5, 0.6) is 0 Å². The summed E-state index contributed by atoms with van der Waals surface area (Å²) in [7, 11) is 15.1. The normalized spacial score (nSPS) is 8.33. The van der Waals surface area contributed by atoms with Crippen LogP contribution in [0.3, 0.4) is 0 Å². The number of hydrogen-bond acceptors (Lipinski definition) is 0. The molecule has 0 bridgehead atoms. The van der Waals surface area contributed by atoms with E-state index in [1.54, 1.807) is 0 Å². The maximum atomic E-state index is 5.31. The van der Waals surface area contributed by atoms with Gasteiger partial charge in [0.2, 0.25) is 0 Å². The maximum absolute atomic E-state index is 5.31. The van der Waals surface area contributed by atoms with Crippen LogP contribution in [0, 0.1) is 5.92 Å². The first kappa shape index (κ1) is 11.9. The monoisotopic (exact) mass is 118 g/mol. The lowest BCUT2D eigenvalue weighted by molar-refractivity contribution is 0.625. The van der Waals surface area contributed by atoms with Gasteiger partial charge < -0.3 is 0 Å². The van der Waals surface area contributed by atoms with Crippen molar-refractivity contribution in [1.82, 2.24) is 0 Å². The molecular weight excluding hydrogens is 105 g/mol. The SMILES string of the molecule is [B]C.[B]CC(C[B])CC. The van der Waals surface area contributed by atoms with Crippen molar-refractivity contribution in [3.8, 4) is 0 Å². The molecular formula is C6H13B3. The molecule has 0 saturated heterocycles. The maximum Gasteiger partial charge on any atom is 0.0656 e. The Morgan fingerprint density at radius 2 is 1.44 bits per heavy atom. The highest BCUT2D eigenvalue weighted by Gasteiger charge is 1.95. The van der Waals surface area contributed by atoms with E-state index < -0.39 is 0 Å². The zero-order chi connectivity index (χ0) is 7.70. The van der Waals surface area contributed by atoms with Crippen molar-refractivity contribution >= 4 is 23.5 Å². The predicted octanol–water partition coefficient (Wildman–Crippen LogP) is 1.39. The van der Waals surface area contributed by atoms with Gasteiger partial charge in [-0.05, 0) is 0 Å². The van der Waals surface area contributed by atoms with Crippen LogP contribution >= 0.6 is 0 Å². The van der Waals surface area contributed by atoms with Crippen LogP contribution in [0.2, 0.25) is 19.5 Å². The van der Waals surface area contributed by atoms with E-state index in [1.165, 1.54) is 6.82 Å². The minimum absolute atomic E-state index is 0.542. The van der Waals surface area contributed by atoms with Gasteiger partial charge in [0.15, 0.2) is 0 Å². The van der Waals surface area contributed by atoms with E-state index in [2.05, 4.69) is 14.8 Å². The van der Waals surface area contributed by atoms with Crippen LogP contribution in [0.4, 0.5) is 0 Å². The Morgan fingerprint density at radius 3 is 1.44 bits per heavy atom. The molecule has 0 aliphatic heterocycles. The van der Waals surface area contributed by atoms with E-state index in [9.17, 15) is 0 Å². The summed E-state index contributed by atoms with van der Waals surface area (Å²) in [6.07, 6.45) is 2.56. The molecule has 46 valence electrons. The van der Waals surface area contributed by atoms with Gasteiger partial charge in [-0.3, -0.25) is 0 Å². The van der Waals surface area contributed by atoms with Gasteiger partial charge in [0.1, 0.15) is 0 Å². The second kappa shape index (κ2) is 11.1. The lowest BCUT2D eigenvalue weighted by Gasteiger charge is -2.06. The molecule has 3 heteroatoms. The van der Waals surface area contributed by atoms with E-state index >= 15 is 0 Å². The highest BCUT2D eigenvalue weighted by atomic mass is 14.0. The summed E-state index contributed by atoms with van der Waals surface area (Å²) in [5.41, 5.74) is 0. The fourth-order valence-electron chi connectivity index (χ4n) is 0.430. The molecule has 0 heterocycles. The van der Waals surface area contributed by atoms with Crippen LogP contribution in [0.1, 0.15) is 13.3 Å². The van der Waals surface area contributed by atoms with Crippen LogP contribution in [0.25, 0.3) is 0 Å². The summed E-state index contributed by atoms with van der Waals surface area (Å²) in [5, 5.41) is 0. The van der Waals surface area contributed by atoms with Gasteiger partial charge >= 0.3 is 0 Å². The molecule has 9 heavy (non-hydrogen) atoms. The molecule has 0 nitrogen and oxygen atoms in total. The second-order valence-electron chi connectivity index (χ2n) is 1.75. The van der Waals surface area contributed by atoms with Crippen molar-refractivity contribution < 1.29 is 0 Å². The minimum atomic E-state index is 0.542. The zero-order valence-corrected chi connectivity index (χ0v) is 6.43. The molecule has 0 aliphatic carbocycles. The van der Waals surface area contributed by atoms with Crippen molar-refractivity contribution in [2.24, 2.45) is 5.92 Å². The standard InChI is InChI=1S/C5H10B2.CH3B/c1-2-5(3-6)4-7;1-2/h5H,2-4H2,1H3;1H3. The van der Waals surface area contributed by atoms with E-state index in [4.69, 9.17) is 15.7 Å². The molecule has 0 amide bonds. The molecule has 0 atom stereocenters. The topological polar surface area (TPSA) is 0 Å². The third kappa shape index (κ3) is 8.19. The summed E-state index contributed by atoms with van der Waals surface area (Å²) in [4.78, 5) is 0. The first-order chi connectivity index (χ1) is 4.35. The van der Waals surface area contributed by atoms with Crippen molar-refractivity contribution in [1.29, 1.82) is 0 Å². The van der Waals surface area contributed by atoms with Crippen molar-refractivity contribution in [3.05, 3.63) is 0 Å². The van der Waals surface area contributed by atoms with E-state index in [0.29, 0.717) is 5.92 Å². The average molecular weight is 118 g/mol. The highest BCUT2D eigenvalue weighted by molar-refractivity contribution is 6.11. The molecule has 0 unspecified atom stereocenters. The molecule has 6 radical (unpaired) electrons. The van der Waals surface area contributed by atoms with Gasteiger partial charge in [-0.2, -0.15) is 0 Å². The Bertz CT molecular complexity index is 29.8. The summed E-state index contributed by atoms with van der Waals surface area (Å²) in [5.74, 6) is 0.542. The molecule has 0 spiro atoms. The van der Waals surface area contributed by atoms with E-state index in [0.717, 1.165) is 19.1 Å². The summed E-state index contributed by atoms with van der Waals surface area (Å²) < 4.78 is 0. The third-order valence-corrected chi connectivity index (χ3v) is 1.24. The fourth-order valence-corrected chi connectivity index (χ4v) is 0.430. The van der Waals surface area contributed by atoms with Gasteiger partial charge in [-0.1, -0.05) is 38.7 Å². The molecule has 0 saturated carbocycles. The number of rotatable bonds is 3. The Balaban J connectivity index is 0. The third-order valence-electron chi connectivity index (χ3n) is 1.24. The lowest BCUT2D eigenvalue weighted by atomic mass is 9.80. The van der Waals surface area contributed by atoms with Crippen molar-refractivity contribution in [2.75, 3.05) is 0 Å². The van der Waals surface area contributed by atoms with Crippen LogP contribution < -0.4 is 0 Å². The van der Waals surface area contributed by atoms with Crippen molar-refractivity contribution in [2.45, 2.75) is 32.8 Å². The Hall–Kier alpha value is 0.195. The molecule has 0 aliphatic rings. The minimum Gasteiger partial charge on any atom is -0.0999 e. The molecule has 0 aromatic rings. The molecule has 0 N–H and O–H groups in total. The smallest absolute Gasteiger partial charge is 0.0656 e. The first-order valence-corrected chi connectivity index (χ1v) is 3.33. The number of hydrogen-bond donors (Lipinski definition) is 0. The summed E-state index contributed by atoms with van der Waals surface area (Å²) in [6, 6.07) is 0. The molecule has 0 aromatic heterocycles. The van der Waals surface area contributed by atoms with Gasteiger partial charge in [0, 0.05) is 0 Å². The Morgan fingerprint density at radius 1 is 1.11 bits per heavy atom. The van der Waals surface area contributed by atoms with Gasteiger partial charge in [0.25, 0.3) is 0 Å². The quantitative estimate of drug-likeness (QED) is 0.490. The van der Waals surface area contributed by atoms with Gasteiger partial charge in [-0.15, -0.1) is 0 Å². The second-order valence-corrected chi connectivity index (χ2v) is 1.75.